The highest BCUT2D eigenvalue weighted by molar-refractivity contribution is 9.11. The Balaban J connectivity index is 3.00. The molecule has 4 heteroatoms. The van der Waals surface area contributed by atoms with E-state index in [0.29, 0.717) is 0 Å². The zero-order valence-electron chi connectivity index (χ0n) is 7.31. The normalized spacial score (nSPS) is 10.9. The third-order valence-corrected chi connectivity index (χ3v) is 3.54. The largest absolute Gasteiger partial charge is 0.252 e. The summed E-state index contributed by atoms with van der Waals surface area (Å²) in [5, 5.41) is 1.67. The molecule has 14 heavy (non-hydrogen) atoms. The summed E-state index contributed by atoms with van der Waals surface area (Å²) in [5.74, 6) is 0. The van der Waals surface area contributed by atoms with Gasteiger partial charge in [-0.1, -0.05) is 27.5 Å². The maximum absolute atomic E-state index is 6.15. The van der Waals surface area contributed by atoms with Gasteiger partial charge in [0.05, 0.1) is 10.5 Å². The number of rotatable bonds is 0. The van der Waals surface area contributed by atoms with Crippen molar-refractivity contribution >= 4 is 54.4 Å². The summed E-state index contributed by atoms with van der Waals surface area (Å²) in [6.45, 7) is 1.93. The van der Waals surface area contributed by atoms with Crippen molar-refractivity contribution in [2.45, 2.75) is 6.92 Å². The van der Waals surface area contributed by atoms with E-state index in [-0.39, 0.29) is 0 Å². The molecule has 0 spiro atoms. The van der Waals surface area contributed by atoms with Crippen molar-refractivity contribution in [1.29, 1.82) is 0 Å². The summed E-state index contributed by atoms with van der Waals surface area (Å²) in [4.78, 5) is 4.44. The molecule has 0 amide bonds. The fourth-order valence-electron chi connectivity index (χ4n) is 1.34. The first-order valence-corrected chi connectivity index (χ1v) is 5.97. The van der Waals surface area contributed by atoms with E-state index >= 15 is 0 Å². The third-order valence-electron chi connectivity index (χ3n) is 1.94. The van der Waals surface area contributed by atoms with Gasteiger partial charge in [0, 0.05) is 20.0 Å². The zero-order chi connectivity index (χ0) is 10.3. The SMILES string of the molecule is Cc1cc(Cl)c2c(Br)ccc(Br)c2n1. The van der Waals surface area contributed by atoms with Crippen LogP contribution in [0.1, 0.15) is 5.69 Å². The van der Waals surface area contributed by atoms with Gasteiger partial charge in [0.1, 0.15) is 0 Å². The maximum Gasteiger partial charge on any atom is 0.0873 e. The van der Waals surface area contributed by atoms with Crippen molar-refractivity contribution in [2.75, 3.05) is 0 Å². The molecule has 2 aromatic rings. The Morgan fingerprint density at radius 2 is 1.86 bits per heavy atom. The molecule has 0 saturated heterocycles. The maximum atomic E-state index is 6.15. The second-order valence-electron chi connectivity index (χ2n) is 3.00. The lowest BCUT2D eigenvalue weighted by atomic mass is 10.2. The highest BCUT2D eigenvalue weighted by Crippen LogP contribution is 2.34. The van der Waals surface area contributed by atoms with Gasteiger partial charge in [-0.3, -0.25) is 4.98 Å². The Morgan fingerprint density at radius 1 is 1.21 bits per heavy atom. The molecular weight excluding hydrogens is 329 g/mol. The topological polar surface area (TPSA) is 12.9 Å². The third kappa shape index (κ3) is 1.69. The number of halogens is 3. The van der Waals surface area contributed by atoms with E-state index in [1.165, 1.54) is 0 Å². The predicted octanol–water partition coefficient (Wildman–Crippen LogP) is 4.72. The molecule has 0 fully saturated rings. The van der Waals surface area contributed by atoms with E-state index in [0.717, 1.165) is 30.6 Å². The van der Waals surface area contributed by atoms with E-state index in [4.69, 9.17) is 11.6 Å². The molecule has 2 rings (SSSR count). The minimum absolute atomic E-state index is 0.723. The van der Waals surface area contributed by atoms with Crippen molar-refractivity contribution in [3.05, 3.63) is 37.9 Å². The first-order chi connectivity index (χ1) is 6.59. The van der Waals surface area contributed by atoms with Crippen LogP contribution in [0, 0.1) is 6.92 Å². The highest BCUT2D eigenvalue weighted by atomic mass is 79.9. The molecule has 0 radical (unpaired) electrons. The van der Waals surface area contributed by atoms with Crippen LogP contribution >= 0.6 is 43.5 Å². The fraction of sp³-hybridized carbons (Fsp3) is 0.100. The van der Waals surface area contributed by atoms with Gasteiger partial charge in [0.15, 0.2) is 0 Å². The van der Waals surface area contributed by atoms with Crippen LogP contribution < -0.4 is 0 Å². The standard InChI is InChI=1S/C10H6Br2ClN/c1-5-4-8(13)9-6(11)2-3-7(12)10(9)14-5/h2-4H,1H3. The zero-order valence-corrected chi connectivity index (χ0v) is 11.2. The monoisotopic (exact) mass is 333 g/mol. The summed E-state index contributed by atoms with van der Waals surface area (Å²) >= 11 is 13.1. The van der Waals surface area contributed by atoms with Gasteiger partial charge in [-0.25, -0.2) is 0 Å². The van der Waals surface area contributed by atoms with Crippen LogP contribution in [0.3, 0.4) is 0 Å². The highest BCUT2D eigenvalue weighted by Gasteiger charge is 2.08. The average Bonchev–Trinajstić information content (AvgIpc) is 2.10. The van der Waals surface area contributed by atoms with Crippen LogP contribution in [0.15, 0.2) is 27.1 Å². The van der Waals surface area contributed by atoms with Crippen molar-refractivity contribution in [3.8, 4) is 0 Å². The van der Waals surface area contributed by atoms with E-state index < -0.39 is 0 Å². The van der Waals surface area contributed by atoms with Crippen molar-refractivity contribution < 1.29 is 0 Å². The summed E-state index contributed by atoms with van der Waals surface area (Å²) in [6.07, 6.45) is 0. The van der Waals surface area contributed by atoms with Gasteiger partial charge in [-0.2, -0.15) is 0 Å². The molecule has 0 aliphatic carbocycles. The van der Waals surface area contributed by atoms with Crippen LogP contribution in [0.25, 0.3) is 10.9 Å². The molecule has 0 saturated carbocycles. The number of aromatic nitrogens is 1. The molecule has 1 heterocycles. The Bertz CT molecular complexity index is 511. The first-order valence-electron chi connectivity index (χ1n) is 4.00. The number of pyridine rings is 1. The molecule has 0 atom stereocenters. The lowest BCUT2D eigenvalue weighted by molar-refractivity contribution is 1.25. The number of nitrogens with zero attached hydrogens (tertiary/aromatic N) is 1. The molecule has 1 aromatic heterocycles. The second-order valence-corrected chi connectivity index (χ2v) is 5.11. The van der Waals surface area contributed by atoms with Crippen molar-refractivity contribution in [1.82, 2.24) is 4.98 Å². The summed E-state index contributed by atoms with van der Waals surface area (Å²) in [5.41, 5.74) is 1.81. The Morgan fingerprint density at radius 3 is 2.57 bits per heavy atom. The van der Waals surface area contributed by atoms with Gasteiger partial charge < -0.3 is 0 Å². The molecule has 72 valence electrons. The number of hydrogen-bond donors (Lipinski definition) is 0. The molecule has 0 bridgehead atoms. The molecule has 1 aromatic carbocycles. The molecular formula is C10H6Br2ClN. The number of hydrogen-bond acceptors (Lipinski definition) is 1. The molecule has 0 aliphatic heterocycles. The fourth-order valence-corrected chi connectivity index (χ4v) is 2.76. The lowest BCUT2D eigenvalue weighted by Gasteiger charge is -2.05. The number of aryl methyl sites for hydroxylation is 1. The average molecular weight is 335 g/mol. The Kier molecular flexibility index (Phi) is 2.82. The second kappa shape index (κ2) is 3.80. The quantitative estimate of drug-likeness (QED) is 0.679. The van der Waals surface area contributed by atoms with E-state index in [2.05, 4.69) is 36.8 Å². The molecule has 0 aliphatic rings. The van der Waals surface area contributed by atoms with Crippen LogP contribution in [0.2, 0.25) is 5.02 Å². The van der Waals surface area contributed by atoms with E-state index in [1.54, 1.807) is 0 Å². The van der Waals surface area contributed by atoms with Gasteiger partial charge in [-0.05, 0) is 41.1 Å². The Labute approximate surface area is 104 Å². The lowest BCUT2D eigenvalue weighted by Crippen LogP contribution is -1.86. The molecule has 0 unspecified atom stereocenters. The molecule has 1 nitrogen and oxygen atoms in total. The van der Waals surface area contributed by atoms with Crippen LogP contribution in [-0.2, 0) is 0 Å². The summed E-state index contributed by atoms with van der Waals surface area (Å²) in [6, 6.07) is 5.77. The van der Waals surface area contributed by atoms with Gasteiger partial charge >= 0.3 is 0 Å². The first kappa shape index (κ1) is 10.4. The van der Waals surface area contributed by atoms with Crippen LogP contribution in [0.5, 0.6) is 0 Å². The van der Waals surface area contributed by atoms with Gasteiger partial charge in [-0.15, -0.1) is 0 Å². The van der Waals surface area contributed by atoms with E-state index in [9.17, 15) is 0 Å². The van der Waals surface area contributed by atoms with Gasteiger partial charge in [0.25, 0.3) is 0 Å². The number of benzene rings is 1. The van der Waals surface area contributed by atoms with Gasteiger partial charge in [0.2, 0.25) is 0 Å². The van der Waals surface area contributed by atoms with Crippen molar-refractivity contribution in [2.24, 2.45) is 0 Å². The molecule has 0 N–H and O–H groups in total. The summed E-state index contributed by atoms with van der Waals surface area (Å²) in [7, 11) is 0. The van der Waals surface area contributed by atoms with E-state index in [1.807, 2.05) is 25.1 Å². The van der Waals surface area contributed by atoms with Crippen molar-refractivity contribution in [3.63, 3.8) is 0 Å². The number of fused-ring (bicyclic) bond motifs is 1. The Hall–Kier alpha value is -0.120. The minimum Gasteiger partial charge on any atom is -0.252 e. The van der Waals surface area contributed by atoms with Crippen LogP contribution in [-0.4, -0.2) is 4.98 Å². The van der Waals surface area contributed by atoms with Crippen LogP contribution in [0.4, 0.5) is 0 Å². The predicted molar refractivity (Wildman–Crippen MR) is 66.9 cm³/mol. The minimum atomic E-state index is 0.723. The summed E-state index contributed by atoms with van der Waals surface area (Å²) < 4.78 is 1.93. The smallest absolute Gasteiger partial charge is 0.0873 e.